The highest BCUT2D eigenvalue weighted by atomic mass is 16.5. The fraction of sp³-hybridized carbons (Fsp3) is 0.864. The van der Waals surface area contributed by atoms with E-state index < -0.39 is 16.5 Å². The summed E-state index contributed by atoms with van der Waals surface area (Å²) >= 11 is 0. The van der Waals surface area contributed by atoms with Gasteiger partial charge in [0.1, 0.15) is 0 Å². The molecule has 2 aliphatic heterocycles. The number of nitrogens with zero attached hydrogens (tertiary/aromatic N) is 1. The Hall–Kier alpha value is -0.950. The van der Waals surface area contributed by atoms with Crippen LogP contribution >= 0.6 is 0 Å². The number of rotatable bonds is 6. The zero-order valence-electron chi connectivity index (χ0n) is 18.6. The Balaban J connectivity index is 2.14. The number of piperidine rings is 1. The lowest BCUT2D eigenvalue weighted by Crippen LogP contribution is -2.63. The first-order valence-corrected chi connectivity index (χ1v) is 10.7. The molecular weight excluding hydrogens is 354 g/mol. The molecule has 0 radical (unpaired) electrons. The standard InChI is InChI=1S/C22H41N3O3/c1-16(2)13-17(23)7-8-22(9-11-28-12-10-22)19(26)24-18-14-20(3,4)25(27)21(5,6)15-18/h7-8,16-18,27H,9-15,23H2,1-6H3,(H,24,26)/b8-7+/t17-/m1/s1. The molecule has 2 fully saturated rings. The number of nitrogens with two attached hydrogens (primary N) is 1. The van der Waals surface area contributed by atoms with Crippen LogP contribution in [-0.2, 0) is 9.53 Å². The highest BCUT2D eigenvalue weighted by Crippen LogP contribution is 2.38. The fourth-order valence-electron chi connectivity index (χ4n) is 4.84. The van der Waals surface area contributed by atoms with Crippen LogP contribution < -0.4 is 11.1 Å². The van der Waals surface area contributed by atoms with Crippen molar-refractivity contribution in [3.63, 3.8) is 0 Å². The number of hydroxylamine groups is 2. The van der Waals surface area contributed by atoms with Gasteiger partial charge in [0.25, 0.3) is 0 Å². The third-order valence-corrected chi connectivity index (χ3v) is 6.22. The van der Waals surface area contributed by atoms with Gasteiger partial charge >= 0.3 is 0 Å². The van der Waals surface area contributed by atoms with Crippen LogP contribution in [0.5, 0.6) is 0 Å². The topological polar surface area (TPSA) is 87.8 Å². The van der Waals surface area contributed by atoms with Crippen molar-refractivity contribution in [3.8, 4) is 0 Å². The quantitative estimate of drug-likeness (QED) is 0.601. The van der Waals surface area contributed by atoms with E-state index in [0.29, 0.717) is 44.8 Å². The molecular formula is C22H41N3O3. The first kappa shape index (κ1) is 23.3. The molecule has 0 bridgehead atoms. The van der Waals surface area contributed by atoms with Gasteiger partial charge in [0.05, 0.1) is 5.41 Å². The zero-order valence-corrected chi connectivity index (χ0v) is 18.6. The van der Waals surface area contributed by atoms with E-state index in [0.717, 1.165) is 6.42 Å². The maximum absolute atomic E-state index is 13.4. The van der Waals surface area contributed by atoms with E-state index in [2.05, 4.69) is 19.2 Å². The van der Waals surface area contributed by atoms with Crippen molar-refractivity contribution >= 4 is 5.91 Å². The van der Waals surface area contributed by atoms with Crippen LogP contribution in [0.1, 0.15) is 73.6 Å². The summed E-state index contributed by atoms with van der Waals surface area (Å²) in [4.78, 5) is 13.4. The summed E-state index contributed by atoms with van der Waals surface area (Å²) in [5, 5.41) is 15.3. The molecule has 2 rings (SSSR count). The van der Waals surface area contributed by atoms with E-state index in [1.54, 1.807) is 0 Å². The van der Waals surface area contributed by atoms with E-state index in [1.165, 1.54) is 5.06 Å². The molecule has 6 nitrogen and oxygen atoms in total. The summed E-state index contributed by atoms with van der Waals surface area (Å²) in [5.74, 6) is 0.582. The fourth-order valence-corrected chi connectivity index (χ4v) is 4.84. The van der Waals surface area contributed by atoms with Gasteiger partial charge in [-0.05, 0) is 65.7 Å². The van der Waals surface area contributed by atoms with Gasteiger partial charge in [-0.1, -0.05) is 26.0 Å². The van der Waals surface area contributed by atoms with E-state index in [-0.39, 0.29) is 18.0 Å². The molecule has 2 saturated heterocycles. The maximum atomic E-state index is 13.4. The van der Waals surface area contributed by atoms with Crippen LogP contribution in [0.3, 0.4) is 0 Å². The second kappa shape index (κ2) is 8.82. The minimum Gasteiger partial charge on any atom is -0.381 e. The number of carbonyl (C=O) groups excluding carboxylic acids is 1. The molecule has 2 heterocycles. The molecule has 28 heavy (non-hydrogen) atoms. The van der Waals surface area contributed by atoms with Gasteiger partial charge < -0.3 is 21.0 Å². The second-order valence-corrected chi connectivity index (χ2v) is 10.4. The first-order valence-electron chi connectivity index (χ1n) is 10.7. The van der Waals surface area contributed by atoms with Gasteiger partial charge in [-0.25, -0.2) is 0 Å². The Kier molecular flexibility index (Phi) is 7.35. The summed E-state index contributed by atoms with van der Waals surface area (Å²) in [5.41, 5.74) is 4.90. The number of amides is 1. The lowest BCUT2D eigenvalue weighted by molar-refractivity contribution is -0.246. The summed E-state index contributed by atoms with van der Waals surface area (Å²) < 4.78 is 5.53. The van der Waals surface area contributed by atoms with Crippen molar-refractivity contribution in [1.82, 2.24) is 10.4 Å². The van der Waals surface area contributed by atoms with Gasteiger partial charge in [-0.15, -0.1) is 0 Å². The lowest BCUT2D eigenvalue weighted by atomic mass is 9.76. The third-order valence-electron chi connectivity index (χ3n) is 6.22. The SMILES string of the molecule is CC(C)C[C@H](N)/C=C/C1(C(=O)NC2CC(C)(C)N(O)C(C)(C)C2)CCOCC1. The Morgan fingerprint density at radius 2 is 1.75 bits per heavy atom. The summed E-state index contributed by atoms with van der Waals surface area (Å²) in [6.45, 7) is 13.5. The summed E-state index contributed by atoms with van der Waals surface area (Å²) in [7, 11) is 0. The van der Waals surface area contributed by atoms with Gasteiger partial charge in [0.2, 0.25) is 5.91 Å². The molecule has 0 aromatic carbocycles. The van der Waals surface area contributed by atoms with Gasteiger partial charge in [-0.3, -0.25) is 4.79 Å². The molecule has 0 aliphatic carbocycles. The van der Waals surface area contributed by atoms with Crippen LogP contribution in [-0.4, -0.2) is 52.6 Å². The van der Waals surface area contributed by atoms with Gasteiger partial charge in [-0.2, -0.15) is 5.06 Å². The molecule has 0 saturated carbocycles. The van der Waals surface area contributed by atoms with Crippen molar-refractivity contribution < 1.29 is 14.7 Å². The Bertz CT molecular complexity index is 547. The van der Waals surface area contributed by atoms with Crippen molar-refractivity contribution in [2.24, 2.45) is 17.1 Å². The largest absolute Gasteiger partial charge is 0.381 e. The number of hydrogen-bond acceptors (Lipinski definition) is 5. The van der Waals surface area contributed by atoms with E-state index >= 15 is 0 Å². The van der Waals surface area contributed by atoms with Crippen molar-refractivity contribution in [2.75, 3.05) is 13.2 Å². The number of hydrogen-bond donors (Lipinski definition) is 3. The third kappa shape index (κ3) is 5.56. The maximum Gasteiger partial charge on any atom is 0.230 e. The summed E-state index contributed by atoms with van der Waals surface area (Å²) in [6, 6.07) is -0.0126. The lowest BCUT2D eigenvalue weighted by Gasteiger charge is -2.52. The molecule has 0 aromatic heterocycles. The molecule has 0 unspecified atom stereocenters. The average Bonchev–Trinajstić information content (AvgIpc) is 2.57. The molecule has 6 heteroatoms. The molecule has 0 aromatic rings. The van der Waals surface area contributed by atoms with Crippen LogP contribution in [0.2, 0.25) is 0 Å². The monoisotopic (exact) mass is 395 g/mol. The van der Waals surface area contributed by atoms with Gasteiger partial charge in [0.15, 0.2) is 0 Å². The highest BCUT2D eigenvalue weighted by Gasteiger charge is 2.47. The van der Waals surface area contributed by atoms with Crippen LogP contribution in [0.15, 0.2) is 12.2 Å². The molecule has 4 N–H and O–H groups in total. The van der Waals surface area contributed by atoms with Crippen LogP contribution in [0.25, 0.3) is 0 Å². The number of ether oxygens (including phenoxy) is 1. The Labute approximate surface area is 170 Å². The number of nitrogens with one attached hydrogen (secondary N) is 1. The molecule has 2 aliphatic rings. The Morgan fingerprint density at radius 1 is 1.21 bits per heavy atom. The van der Waals surface area contributed by atoms with Gasteiger partial charge in [0, 0.05) is 36.4 Å². The smallest absolute Gasteiger partial charge is 0.230 e. The van der Waals surface area contributed by atoms with Crippen LogP contribution in [0.4, 0.5) is 0 Å². The predicted molar refractivity (Wildman–Crippen MR) is 112 cm³/mol. The minimum absolute atomic E-state index is 0.0263. The predicted octanol–water partition coefficient (Wildman–Crippen LogP) is 3.24. The highest BCUT2D eigenvalue weighted by molar-refractivity contribution is 5.85. The zero-order chi connectivity index (χ0) is 21.2. The molecule has 162 valence electrons. The van der Waals surface area contributed by atoms with Crippen molar-refractivity contribution in [1.29, 1.82) is 0 Å². The molecule has 0 spiro atoms. The normalized spacial score (nSPS) is 26.5. The van der Waals surface area contributed by atoms with E-state index in [1.807, 2.05) is 39.8 Å². The molecule has 1 amide bonds. The van der Waals surface area contributed by atoms with Crippen molar-refractivity contribution in [3.05, 3.63) is 12.2 Å². The Morgan fingerprint density at radius 3 is 2.25 bits per heavy atom. The first-order chi connectivity index (χ1) is 12.9. The molecule has 1 atom stereocenters. The minimum atomic E-state index is -0.558. The van der Waals surface area contributed by atoms with Crippen molar-refractivity contribution in [2.45, 2.75) is 96.8 Å². The van der Waals surface area contributed by atoms with E-state index in [4.69, 9.17) is 10.5 Å². The number of carbonyl (C=O) groups is 1. The second-order valence-electron chi connectivity index (χ2n) is 10.4. The van der Waals surface area contributed by atoms with E-state index in [9.17, 15) is 10.0 Å². The average molecular weight is 396 g/mol. The van der Waals surface area contributed by atoms with Crippen LogP contribution in [0, 0.1) is 11.3 Å². The summed E-state index contributed by atoms with van der Waals surface area (Å²) in [6.07, 6.45) is 7.72.